The van der Waals surface area contributed by atoms with Gasteiger partial charge in [-0.1, -0.05) is 6.92 Å². The van der Waals surface area contributed by atoms with Gasteiger partial charge in [0, 0.05) is 19.1 Å². The van der Waals surface area contributed by atoms with Crippen molar-refractivity contribution < 1.29 is 4.74 Å². The molecule has 0 saturated carbocycles. The molecule has 3 unspecified atom stereocenters. The van der Waals surface area contributed by atoms with Gasteiger partial charge >= 0.3 is 0 Å². The van der Waals surface area contributed by atoms with Gasteiger partial charge < -0.3 is 15.4 Å². The van der Waals surface area contributed by atoms with Crippen molar-refractivity contribution in [3.8, 4) is 0 Å². The Bertz CT molecular complexity index is 242. The minimum atomic E-state index is 0.0997. The molecule has 0 radical (unpaired) electrons. The summed E-state index contributed by atoms with van der Waals surface area (Å²) in [5, 5.41) is 0. The van der Waals surface area contributed by atoms with Crippen LogP contribution in [0.1, 0.15) is 40.0 Å². The van der Waals surface area contributed by atoms with E-state index >= 15 is 0 Å². The van der Waals surface area contributed by atoms with Crippen molar-refractivity contribution in [1.82, 2.24) is 4.90 Å². The smallest absolute Gasteiger partial charge is 0.0710 e. The second-order valence-corrected chi connectivity index (χ2v) is 6.23. The van der Waals surface area contributed by atoms with Gasteiger partial charge in [-0.15, -0.1) is 0 Å². The first kappa shape index (κ1) is 12.3. The second-order valence-electron chi connectivity index (χ2n) is 6.23. The van der Waals surface area contributed by atoms with E-state index in [0.717, 1.165) is 26.1 Å². The highest BCUT2D eigenvalue weighted by Crippen LogP contribution is 2.30. The second kappa shape index (κ2) is 4.63. The third-order valence-corrected chi connectivity index (χ3v) is 4.07. The summed E-state index contributed by atoms with van der Waals surface area (Å²) >= 11 is 0. The molecule has 2 rings (SSSR count). The summed E-state index contributed by atoms with van der Waals surface area (Å²) in [5.41, 5.74) is 6.13. The van der Waals surface area contributed by atoms with Crippen LogP contribution < -0.4 is 5.73 Å². The fourth-order valence-electron chi connectivity index (χ4n) is 2.91. The Kier molecular flexibility index (Phi) is 3.57. The first-order valence-corrected chi connectivity index (χ1v) is 6.62. The van der Waals surface area contributed by atoms with E-state index in [1.165, 1.54) is 12.8 Å². The van der Waals surface area contributed by atoms with Gasteiger partial charge in [0.05, 0.1) is 11.7 Å². The molecule has 3 nitrogen and oxygen atoms in total. The topological polar surface area (TPSA) is 38.5 Å². The van der Waals surface area contributed by atoms with Crippen molar-refractivity contribution in [2.75, 3.05) is 19.6 Å². The largest absolute Gasteiger partial charge is 0.371 e. The van der Waals surface area contributed by atoms with E-state index < -0.39 is 0 Å². The summed E-state index contributed by atoms with van der Waals surface area (Å²) in [6.45, 7) is 10.0. The van der Waals surface area contributed by atoms with Gasteiger partial charge in [0.25, 0.3) is 0 Å². The van der Waals surface area contributed by atoms with E-state index in [4.69, 9.17) is 10.5 Å². The van der Waals surface area contributed by atoms with Crippen LogP contribution in [0.4, 0.5) is 0 Å². The number of nitrogens with zero attached hydrogens (tertiary/aromatic N) is 1. The maximum atomic E-state index is 6.04. The Morgan fingerprint density at radius 3 is 2.69 bits per heavy atom. The molecule has 16 heavy (non-hydrogen) atoms. The molecule has 2 fully saturated rings. The number of hydrogen-bond acceptors (Lipinski definition) is 3. The molecule has 2 N–H and O–H groups in total. The Labute approximate surface area is 99.3 Å². The standard InChI is InChI=1S/C13H26N2O/c1-10-8-15(7-5-12(10)14)9-11-4-6-13(2,3)16-11/h10-12H,4-9,14H2,1-3H3. The molecule has 3 heteroatoms. The average Bonchev–Trinajstić information content (AvgIpc) is 2.52. The summed E-state index contributed by atoms with van der Waals surface area (Å²) < 4.78 is 6.04. The quantitative estimate of drug-likeness (QED) is 0.777. The van der Waals surface area contributed by atoms with E-state index in [-0.39, 0.29) is 5.60 Å². The molecule has 2 saturated heterocycles. The van der Waals surface area contributed by atoms with Crippen molar-refractivity contribution in [2.45, 2.75) is 57.8 Å². The summed E-state index contributed by atoms with van der Waals surface area (Å²) in [5.74, 6) is 0.628. The number of piperidine rings is 1. The van der Waals surface area contributed by atoms with Gasteiger partial charge in [-0.05, 0) is 45.6 Å². The molecule has 0 aliphatic carbocycles. The maximum Gasteiger partial charge on any atom is 0.0710 e. The van der Waals surface area contributed by atoms with Gasteiger partial charge in [-0.2, -0.15) is 0 Å². The molecule has 0 aromatic carbocycles. The lowest BCUT2D eigenvalue weighted by Crippen LogP contribution is -2.48. The highest BCUT2D eigenvalue weighted by molar-refractivity contribution is 4.86. The molecular formula is C13H26N2O. The molecule has 2 aliphatic heterocycles. The van der Waals surface area contributed by atoms with Crippen LogP contribution in [-0.2, 0) is 4.74 Å². The summed E-state index contributed by atoms with van der Waals surface area (Å²) in [6.07, 6.45) is 3.98. The van der Waals surface area contributed by atoms with Gasteiger partial charge in [0.15, 0.2) is 0 Å². The van der Waals surface area contributed by atoms with Crippen LogP contribution >= 0.6 is 0 Å². The summed E-state index contributed by atoms with van der Waals surface area (Å²) in [7, 11) is 0. The van der Waals surface area contributed by atoms with E-state index in [2.05, 4.69) is 25.7 Å². The van der Waals surface area contributed by atoms with Crippen molar-refractivity contribution in [1.29, 1.82) is 0 Å². The third kappa shape index (κ3) is 2.96. The number of ether oxygens (including phenoxy) is 1. The van der Waals surface area contributed by atoms with Crippen LogP contribution in [0, 0.1) is 5.92 Å². The van der Waals surface area contributed by atoms with Crippen molar-refractivity contribution in [3.63, 3.8) is 0 Å². The number of likely N-dealkylation sites (tertiary alicyclic amines) is 1. The van der Waals surface area contributed by atoms with Crippen LogP contribution in [0.3, 0.4) is 0 Å². The first-order chi connectivity index (χ1) is 7.46. The maximum absolute atomic E-state index is 6.04. The Morgan fingerprint density at radius 2 is 2.12 bits per heavy atom. The van der Waals surface area contributed by atoms with Crippen LogP contribution in [0.5, 0.6) is 0 Å². The lowest BCUT2D eigenvalue weighted by molar-refractivity contribution is -0.0333. The monoisotopic (exact) mass is 226 g/mol. The van der Waals surface area contributed by atoms with Crippen LogP contribution in [0.25, 0.3) is 0 Å². The lowest BCUT2D eigenvalue weighted by atomic mass is 9.94. The highest BCUT2D eigenvalue weighted by atomic mass is 16.5. The SMILES string of the molecule is CC1CN(CC2CCC(C)(C)O2)CCC1N. The minimum Gasteiger partial charge on any atom is -0.371 e. The fourth-order valence-corrected chi connectivity index (χ4v) is 2.91. The van der Waals surface area contributed by atoms with Gasteiger partial charge in [-0.3, -0.25) is 0 Å². The molecular weight excluding hydrogens is 200 g/mol. The molecule has 94 valence electrons. The third-order valence-electron chi connectivity index (χ3n) is 4.07. The van der Waals surface area contributed by atoms with Crippen molar-refractivity contribution in [3.05, 3.63) is 0 Å². The summed E-state index contributed by atoms with van der Waals surface area (Å²) in [4.78, 5) is 2.53. The van der Waals surface area contributed by atoms with Crippen molar-refractivity contribution in [2.24, 2.45) is 11.7 Å². The van der Waals surface area contributed by atoms with E-state index in [9.17, 15) is 0 Å². The van der Waals surface area contributed by atoms with Gasteiger partial charge in [0.1, 0.15) is 0 Å². The molecule has 0 amide bonds. The van der Waals surface area contributed by atoms with Crippen molar-refractivity contribution >= 4 is 0 Å². The highest BCUT2D eigenvalue weighted by Gasteiger charge is 2.33. The minimum absolute atomic E-state index is 0.0997. The number of hydrogen-bond donors (Lipinski definition) is 1. The molecule has 0 bridgehead atoms. The van der Waals surface area contributed by atoms with Crippen LogP contribution in [-0.4, -0.2) is 42.3 Å². The Morgan fingerprint density at radius 1 is 1.38 bits per heavy atom. The lowest BCUT2D eigenvalue weighted by Gasteiger charge is -2.36. The Balaban J connectivity index is 1.78. The van der Waals surface area contributed by atoms with E-state index in [1.807, 2.05) is 0 Å². The number of nitrogens with two attached hydrogens (primary N) is 1. The number of rotatable bonds is 2. The van der Waals surface area contributed by atoms with Gasteiger partial charge in [-0.25, -0.2) is 0 Å². The Hall–Kier alpha value is -0.120. The molecule has 0 aromatic heterocycles. The molecule has 2 aliphatic rings. The predicted molar refractivity (Wildman–Crippen MR) is 66.4 cm³/mol. The zero-order valence-electron chi connectivity index (χ0n) is 10.9. The fraction of sp³-hybridized carbons (Fsp3) is 1.00. The molecule has 2 heterocycles. The van der Waals surface area contributed by atoms with E-state index in [1.54, 1.807) is 0 Å². The van der Waals surface area contributed by atoms with E-state index in [0.29, 0.717) is 18.1 Å². The van der Waals surface area contributed by atoms with Crippen LogP contribution in [0.15, 0.2) is 0 Å². The zero-order valence-corrected chi connectivity index (χ0v) is 10.9. The molecule has 0 spiro atoms. The normalized spacial score (nSPS) is 40.1. The zero-order chi connectivity index (χ0) is 11.8. The summed E-state index contributed by atoms with van der Waals surface area (Å²) in [6, 6.07) is 0.400. The molecule has 3 atom stereocenters. The average molecular weight is 226 g/mol. The van der Waals surface area contributed by atoms with Crippen LogP contribution in [0.2, 0.25) is 0 Å². The van der Waals surface area contributed by atoms with Gasteiger partial charge in [0.2, 0.25) is 0 Å². The predicted octanol–water partition coefficient (Wildman–Crippen LogP) is 1.61. The first-order valence-electron chi connectivity index (χ1n) is 6.62. The molecule has 0 aromatic rings.